The fourth-order valence-corrected chi connectivity index (χ4v) is 4.21. The molecule has 0 amide bonds. The van der Waals surface area contributed by atoms with E-state index in [1.807, 2.05) is 13.0 Å². The quantitative estimate of drug-likeness (QED) is 0.864. The van der Waals surface area contributed by atoms with E-state index < -0.39 is 6.10 Å². The summed E-state index contributed by atoms with van der Waals surface area (Å²) in [5.41, 5.74) is 1.72. The molecule has 6 heteroatoms. The number of aliphatic hydroxyl groups is 1. The Labute approximate surface area is 112 Å². The lowest BCUT2D eigenvalue weighted by Gasteiger charge is -2.05. The summed E-state index contributed by atoms with van der Waals surface area (Å²) in [6.45, 7) is 2.02. The molecule has 0 spiro atoms. The summed E-state index contributed by atoms with van der Waals surface area (Å²) in [5.74, 6) is 0. The van der Waals surface area contributed by atoms with Crippen LogP contribution in [0.3, 0.4) is 0 Å². The van der Waals surface area contributed by atoms with Crippen LogP contribution in [0.1, 0.15) is 20.7 Å². The molecule has 0 aliphatic heterocycles. The number of thiazole rings is 1. The number of hydrogen-bond donors (Lipinski definition) is 1. The number of nitrogens with zero attached hydrogens (tertiary/aromatic N) is 1. The van der Waals surface area contributed by atoms with Gasteiger partial charge in [-0.05, 0) is 44.8 Å². The van der Waals surface area contributed by atoms with E-state index in [1.54, 1.807) is 16.8 Å². The predicted molar refractivity (Wildman–Crippen MR) is 70.6 cm³/mol. The molecule has 0 bridgehead atoms. The third kappa shape index (κ3) is 2.34. The Morgan fingerprint density at radius 1 is 1.47 bits per heavy atom. The van der Waals surface area contributed by atoms with Crippen molar-refractivity contribution in [3.05, 3.63) is 35.3 Å². The highest BCUT2D eigenvalue weighted by atomic mass is 79.9. The largest absolute Gasteiger partial charge is 0.382 e. The Morgan fingerprint density at radius 2 is 2.20 bits per heavy atom. The van der Waals surface area contributed by atoms with Crippen LogP contribution in [-0.2, 0) is 0 Å². The van der Waals surface area contributed by atoms with Gasteiger partial charge in [-0.2, -0.15) is 0 Å². The average molecular weight is 369 g/mol. The van der Waals surface area contributed by atoms with Crippen LogP contribution in [0.4, 0.5) is 0 Å². The molecule has 80 valence electrons. The van der Waals surface area contributed by atoms with Crippen LogP contribution in [0.25, 0.3) is 0 Å². The van der Waals surface area contributed by atoms with Crippen molar-refractivity contribution in [1.82, 2.24) is 4.98 Å². The SMILES string of the molecule is Cc1sc(C(O)c2scnc2Br)cc1Br. The van der Waals surface area contributed by atoms with Crippen molar-refractivity contribution in [3.63, 3.8) is 0 Å². The molecule has 1 atom stereocenters. The summed E-state index contributed by atoms with van der Waals surface area (Å²) >= 11 is 9.80. The Hall–Kier alpha value is 0.250. The molecule has 1 unspecified atom stereocenters. The summed E-state index contributed by atoms with van der Waals surface area (Å²) in [7, 11) is 0. The summed E-state index contributed by atoms with van der Waals surface area (Å²) in [4.78, 5) is 7.02. The molecule has 2 heterocycles. The first kappa shape index (κ1) is 11.7. The number of thiophene rings is 1. The van der Waals surface area contributed by atoms with Gasteiger partial charge in [0.25, 0.3) is 0 Å². The Morgan fingerprint density at radius 3 is 2.67 bits per heavy atom. The normalized spacial score (nSPS) is 13.1. The lowest BCUT2D eigenvalue weighted by atomic mass is 10.2. The van der Waals surface area contributed by atoms with Crippen LogP contribution in [-0.4, -0.2) is 10.1 Å². The van der Waals surface area contributed by atoms with Crippen molar-refractivity contribution < 1.29 is 5.11 Å². The molecule has 0 saturated carbocycles. The maximum absolute atomic E-state index is 10.1. The zero-order valence-electron chi connectivity index (χ0n) is 7.70. The van der Waals surface area contributed by atoms with Gasteiger partial charge in [-0.1, -0.05) is 0 Å². The smallest absolute Gasteiger partial charge is 0.125 e. The minimum absolute atomic E-state index is 0.582. The maximum atomic E-state index is 10.1. The van der Waals surface area contributed by atoms with E-state index in [-0.39, 0.29) is 0 Å². The molecule has 0 saturated heterocycles. The second-order valence-corrected chi connectivity index (χ2v) is 6.74. The molecule has 2 nitrogen and oxygen atoms in total. The molecular weight excluding hydrogens is 362 g/mol. The van der Waals surface area contributed by atoms with Crippen molar-refractivity contribution >= 4 is 54.5 Å². The van der Waals surface area contributed by atoms with Crippen LogP contribution < -0.4 is 0 Å². The van der Waals surface area contributed by atoms with Gasteiger partial charge in [-0.15, -0.1) is 22.7 Å². The van der Waals surface area contributed by atoms with Gasteiger partial charge in [0.2, 0.25) is 0 Å². The van der Waals surface area contributed by atoms with Gasteiger partial charge < -0.3 is 5.11 Å². The Kier molecular flexibility index (Phi) is 3.62. The first-order valence-electron chi connectivity index (χ1n) is 4.12. The minimum atomic E-state index is -0.582. The third-order valence-electron chi connectivity index (χ3n) is 1.94. The van der Waals surface area contributed by atoms with Gasteiger partial charge in [-0.25, -0.2) is 4.98 Å². The third-order valence-corrected chi connectivity index (χ3v) is 5.91. The van der Waals surface area contributed by atoms with E-state index in [4.69, 9.17) is 0 Å². The molecule has 0 aromatic carbocycles. The molecule has 2 rings (SSSR count). The number of halogens is 2. The highest BCUT2D eigenvalue weighted by Gasteiger charge is 2.18. The van der Waals surface area contributed by atoms with E-state index in [0.717, 1.165) is 18.8 Å². The standard InChI is InChI=1S/C9H7Br2NOS2/c1-4-5(10)2-6(15-4)7(13)8-9(11)12-3-14-8/h2-3,7,13H,1H3. The van der Waals surface area contributed by atoms with Crippen molar-refractivity contribution in [1.29, 1.82) is 0 Å². The summed E-state index contributed by atoms with van der Waals surface area (Å²) in [6.07, 6.45) is -0.582. The Bertz CT molecular complexity index is 461. The van der Waals surface area contributed by atoms with E-state index in [1.165, 1.54) is 16.2 Å². The molecule has 2 aromatic heterocycles. The van der Waals surface area contributed by atoms with Crippen molar-refractivity contribution in [3.8, 4) is 0 Å². The zero-order chi connectivity index (χ0) is 11.0. The summed E-state index contributed by atoms with van der Waals surface area (Å²) in [5, 5.41) is 10.1. The molecular formula is C9H7Br2NOS2. The predicted octanol–water partition coefficient (Wildman–Crippen LogP) is 4.12. The van der Waals surface area contributed by atoms with Crippen LogP contribution >= 0.6 is 54.5 Å². The zero-order valence-corrected chi connectivity index (χ0v) is 12.5. The lowest BCUT2D eigenvalue weighted by molar-refractivity contribution is 0.227. The lowest BCUT2D eigenvalue weighted by Crippen LogP contribution is -1.94. The van der Waals surface area contributed by atoms with Gasteiger partial charge in [0.15, 0.2) is 0 Å². The van der Waals surface area contributed by atoms with E-state index >= 15 is 0 Å². The molecule has 1 N–H and O–H groups in total. The van der Waals surface area contributed by atoms with Gasteiger partial charge >= 0.3 is 0 Å². The highest BCUT2D eigenvalue weighted by molar-refractivity contribution is 9.10. The second kappa shape index (κ2) is 4.63. The van der Waals surface area contributed by atoms with Gasteiger partial charge in [-0.3, -0.25) is 0 Å². The van der Waals surface area contributed by atoms with Gasteiger partial charge in [0, 0.05) is 14.2 Å². The Balaban J connectivity index is 2.36. The first-order valence-corrected chi connectivity index (χ1v) is 7.40. The van der Waals surface area contributed by atoms with Gasteiger partial charge in [0.1, 0.15) is 10.7 Å². The molecule has 0 radical (unpaired) electrons. The van der Waals surface area contributed by atoms with Crippen LogP contribution in [0.2, 0.25) is 0 Å². The van der Waals surface area contributed by atoms with Crippen LogP contribution in [0, 0.1) is 6.92 Å². The van der Waals surface area contributed by atoms with Crippen molar-refractivity contribution in [2.75, 3.05) is 0 Å². The second-order valence-electron chi connectivity index (χ2n) is 2.96. The number of hydrogen-bond acceptors (Lipinski definition) is 4. The molecule has 15 heavy (non-hydrogen) atoms. The molecule has 0 fully saturated rings. The highest BCUT2D eigenvalue weighted by Crippen LogP contribution is 2.37. The first-order chi connectivity index (χ1) is 7.09. The van der Waals surface area contributed by atoms with E-state index in [2.05, 4.69) is 36.8 Å². The summed E-state index contributed by atoms with van der Waals surface area (Å²) < 4.78 is 1.77. The van der Waals surface area contributed by atoms with Crippen molar-refractivity contribution in [2.24, 2.45) is 0 Å². The number of aromatic nitrogens is 1. The summed E-state index contributed by atoms with van der Waals surface area (Å²) in [6, 6.07) is 1.96. The van der Waals surface area contributed by atoms with E-state index in [9.17, 15) is 5.11 Å². The molecule has 2 aromatic rings. The fraction of sp³-hybridized carbons (Fsp3) is 0.222. The van der Waals surface area contributed by atoms with Crippen molar-refractivity contribution in [2.45, 2.75) is 13.0 Å². The fourth-order valence-electron chi connectivity index (χ4n) is 1.16. The molecule has 0 aliphatic rings. The number of rotatable bonds is 2. The maximum Gasteiger partial charge on any atom is 0.125 e. The van der Waals surface area contributed by atoms with Gasteiger partial charge in [0.05, 0.1) is 10.4 Å². The number of aryl methyl sites for hydroxylation is 1. The van der Waals surface area contributed by atoms with E-state index in [0.29, 0.717) is 0 Å². The minimum Gasteiger partial charge on any atom is -0.382 e. The number of aliphatic hydroxyl groups excluding tert-OH is 1. The topological polar surface area (TPSA) is 33.1 Å². The monoisotopic (exact) mass is 367 g/mol. The molecule has 0 aliphatic carbocycles. The van der Waals surface area contributed by atoms with Crippen LogP contribution in [0.5, 0.6) is 0 Å². The van der Waals surface area contributed by atoms with Crippen LogP contribution in [0.15, 0.2) is 20.7 Å². The average Bonchev–Trinajstić information content (AvgIpc) is 2.74.